The maximum absolute atomic E-state index is 14.0. The van der Waals surface area contributed by atoms with E-state index in [0.717, 1.165) is 11.1 Å². The molecule has 3 heterocycles. The highest BCUT2D eigenvalue weighted by Gasteiger charge is 2.64. The van der Waals surface area contributed by atoms with Crippen LogP contribution in [0.5, 0.6) is 5.75 Å². The minimum Gasteiger partial charge on any atom is -0.495 e. The molecule has 4 rings (SSSR count). The van der Waals surface area contributed by atoms with Crippen molar-refractivity contribution in [3.63, 3.8) is 0 Å². The smallest absolute Gasteiger partial charge is 0.409 e. The molecule has 54 heavy (non-hydrogen) atoms. The van der Waals surface area contributed by atoms with Crippen LogP contribution in [0, 0.1) is 5.92 Å². The van der Waals surface area contributed by atoms with E-state index in [1.807, 2.05) is 13.0 Å². The molecule has 300 valence electrons. The number of aliphatic hydroxyl groups is 1. The molecular formula is C37H53ClN4O12. The zero-order chi connectivity index (χ0) is 40.9. The SMILES string of the molecule is CC(N)C(=O)O.COc1cc2cc(c1Cl)N(C)C(=O)C[C@H](OC(=O)[C@H](C)N(C)C(C)=O)[C@]1(C)O[C@H]1[C@H](C)[C@@H]1C[C@@](O)(NC(=O)O1)C(OC)/C=C/C=C(\C)C2. The van der Waals surface area contributed by atoms with E-state index in [-0.39, 0.29) is 23.8 Å². The van der Waals surface area contributed by atoms with Gasteiger partial charge in [0.15, 0.2) is 5.72 Å². The molecule has 1 aromatic carbocycles. The first-order valence-corrected chi connectivity index (χ1v) is 17.8. The Kier molecular flexibility index (Phi) is 14.7. The molecule has 3 aliphatic rings. The molecule has 0 saturated carbocycles. The summed E-state index contributed by atoms with van der Waals surface area (Å²) in [5.74, 6) is -2.60. The Hall–Kier alpha value is -4.22. The van der Waals surface area contributed by atoms with Crippen molar-refractivity contribution in [2.45, 2.75) is 109 Å². The Balaban J connectivity index is 0.00000120. The summed E-state index contributed by atoms with van der Waals surface area (Å²) in [5.41, 5.74) is 3.96. The van der Waals surface area contributed by atoms with Crippen LogP contribution in [0.3, 0.4) is 0 Å². The minimum absolute atomic E-state index is 0.0436. The zero-order valence-corrected chi connectivity index (χ0v) is 33.1. The van der Waals surface area contributed by atoms with Gasteiger partial charge in [0.2, 0.25) is 11.8 Å². The number of epoxide rings is 1. The van der Waals surface area contributed by atoms with Gasteiger partial charge in [0.25, 0.3) is 0 Å². The van der Waals surface area contributed by atoms with Crippen LogP contribution in [0.15, 0.2) is 35.9 Å². The number of hydrogen-bond donors (Lipinski definition) is 4. The Morgan fingerprint density at radius 1 is 1.20 bits per heavy atom. The number of aliphatic carboxylic acids is 1. The largest absolute Gasteiger partial charge is 0.495 e. The number of alkyl carbamates (subject to hydrolysis) is 1. The topological polar surface area (TPSA) is 220 Å². The zero-order valence-electron chi connectivity index (χ0n) is 32.4. The van der Waals surface area contributed by atoms with Crippen molar-refractivity contribution >= 4 is 47.1 Å². The Morgan fingerprint density at radius 3 is 2.39 bits per heavy atom. The fourth-order valence-corrected chi connectivity index (χ4v) is 6.59. The molecule has 9 atom stereocenters. The molecule has 0 aliphatic carbocycles. The van der Waals surface area contributed by atoms with E-state index < -0.39 is 77.7 Å². The van der Waals surface area contributed by atoms with Crippen molar-refractivity contribution in [1.29, 1.82) is 0 Å². The molecule has 16 nitrogen and oxygen atoms in total. The van der Waals surface area contributed by atoms with Crippen LogP contribution in [0.4, 0.5) is 10.5 Å². The Labute approximate surface area is 320 Å². The molecular weight excluding hydrogens is 728 g/mol. The van der Waals surface area contributed by atoms with Crippen molar-refractivity contribution in [1.82, 2.24) is 10.2 Å². The number of nitrogens with one attached hydrogen (secondary N) is 1. The van der Waals surface area contributed by atoms with Crippen LogP contribution in [0.25, 0.3) is 0 Å². The van der Waals surface area contributed by atoms with Crippen molar-refractivity contribution in [3.05, 3.63) is 46.5 Å². The molecule has 17 heteroatoms. The van der Waals surface area contributed by atoms with Crippen LogP contribution in [0.1, 0.15) is 59.9 Å². The van der Waals surface area contributed by atoms with Gasteiger partial charge in [-0.1, -0.05) is 42.3 Å². The number of hydrogen-bond acceptors (Lipinski definition) is 12. The van der Waals surface area contributed by atoms with Crippen molar-refractivity contribution in [2.75, 3.05) is 33.2 Å². The number of fused-ring (bicyclic) bond motifs is 5. The summed E-state index contributed by atoms with van der Waals surface area (Å²) in [5, 5.41) is 22.2. The monoisotopic (exact) mass is 780 g/mol. The van der Waals surface area contributed by atoms with Gasteiger partial charge in [0.05, 0.1) is 25.3 Å². The molecule has 5 N–H and O–H groups in total. The second kappa shape index (κ2) is 17.9. The maximum Gasteiger partial charge on any atom is 0.409 e. The van der Waals surface area contributed by atoms with Crippen LogP contribution < -0.4 is 20.7 Å². The van der Waals surface area contributed by atoms with E-state index in [1.54, 1.807) is 45.2 Å². The third kappa shape index (κ3) is 10.3. The lowest BCUT2D eigenvalue weighted by molar-refractivity contribution is -0.161. The highest BCUT2D eigenvalue weighted by atomic mass is 35.5. The number of esters is 1. The van der Waals surface area contributed by atoms with Gasteiger partial charge in [-0.3, -0.25) is 19.7 Å². The standard InChI is InChI=1S/C34H46ClN3O10.C3H7NO2/c1-18-11-10-12-26(45-9)34(43)17-25(46-32(42)36-34)19(2)30-33(5,48-30)27(47-31(41)20(3)37(6)21(4)39)16-28(40)38(7)23-14-22(13-18)15-24(44-8)29(23)35;1-2(4)3(5)6/h10-12,14-15,19-20,25-27,30,43H,13,16-17H2,1-9H3,(H,36,42);2H,4H2,1H3,(H,5,6)/b12-10+,18-11+;/t19-,20+,25+,26?,27+,30+,33+,34+;/m1./s1. The number of carbonyl (C=O) groups is 5. The molecule has 0 radical (unpaired) electrons. The predicted octanol–water partition coefficient (Wildman–Crippen LogP) is 2.95. The quantitative estimate of drug-likeness (QED) is 0.241. The average Bonchev–Trinajstić information content (AvgIpc) is 3.80. The summed E-state index contributed by atoms with van der Waals surface area (Å²) in [6, 6.07) is 1.90. The Bertz CT molecular complexity index is 1650. The number of allylic oxidation sites excluding steroid dienone is 3. The molecule has 3 amide bonds. The molecule has 1 aromatic rings. The Morgan fingerprint density at radius 2 is 1.83 bits per heavy atom. The van der Waals surface area contributed by atoms with E-state index >= 15 is 0 Å². The summed E-state index contributed by atoms with van der Waals surface area (Å²) in [4.78, 5) is 64.3. The van der Waals surface area contributed by atoms with Crippen LogP contribution >= 0.6 is 11.6 Å². The van der Waals surface area contributed by atoms with Crippen LogP contribution in [-0.4, -0.2) is 121 Å². The number of halogens is 1. The fourth-order valence-electron chi connectivity index (χ4n) is 6.27. The second-order valence-corrected chi connectivity index (χ2v) is 14.5. The van der Waals surface area contributed by atoms with Gasteiger partial charge < -0.3 is 49.4 Å². The van der Waals surface area contributed by atoms with Crippen molar-refractivity contribution < 1.29 is 57.9 Å². The third-order valence-corrected chi connectivity index (χ3v) is 10.4. The number of nitrogens with zero attached hydrogens (tertiary/aromatic N) is 2. The number of carbonyl (C=O) groups excluding carboxylic acids is 4. The number of methoxy groups -OCH3 is 2. The number of carboxylic acid groups (broad SMARTS) is 1. The summed E-state index contributed by atoms with van der Waals surface area (Å²) in [7, 11) is 5.97. The molecule has 2 fully saturated rings. The van der Waals surface area contributed by atoms with Crippen molar-refractivity contribution in [2.24, 2.45) is 11.7 Å². The molecule has 0 aromatic heterocycles. The number of carboxylic acids is 1. The maximum atomic E-state index is 14.0. The van der Waals surface area contributed by atoms with E-state index in [2.05, 4.69) is 5.32 Å². The van der Waals surface area contributed by atoms with Gasteiger partial charge in [-0.05, 0) is 51.8 Å². The number of nitrogens with two attached hydrogens (primary N) is 1. The molecule has 4 bridgehead atoms. The molecule has 3 aliphatic heterocycles. The lowest BCUT2D eigenvalue weighted by Crippen LogP contribution is -2.63. The average molecular weight is 781 g/mol. The summed E-state index contributed by atoms with van der Waals surface area (Å²) in [6.45, 7) is 9.70. The first-order chi connectivity index (χ1) is 25.1. The first kappa shape index (κ1) is 44.2. The summed E-state index contributed by atoms with van der Waals surface area (Å²) >= 11 is 6.71. The number of benzene rings is 1. The van der Waals surface area contributed by atoms with Crippen LogP contribution in [-0.2, 0) is 44.5 Å². The number of ether oxygens (including phenoxy) is 5. The number of likely N-dealkylation sites (N-methyl/N-ethyl adjacent to an activating group) is 1. The summed E-state index contributed by atoms with van der Waals surface area (Å²) in [6.07, 6.45) is 1.02. The van der Waals surface area contributed by atoms with Gasteiger partial charge >= 0.3 is 18.0 Å². The molecule has 0 spiro atoms. The number of anilines is 1. The predicted molar refractivity (Wildman–Crippen MR) is 198 cm³/mol. The first-order valence-electron chi connectivity index (χ1n) is 17.4. The van der Waals surface area contributed by atoms with E-state index in [1.165, 1.54) is 51.8 Å². The van der Waals surface area contributed by atoms with Gasteiger partial charge in [-0.25, -0.2) is 9.59 Å². The van der Waals surface area contributed by atoms with E-state index in [0.29, 0.717) is 17.9 Å². The normalized spacial score (nSPS) is 31.0. The second-order valence-electron chi connectivity index (χ2n) is 14.2. The van der Waals surface area contributed by atoms with Gasteiger partial charge in [-0.15, -0.1) is 0 Å². The minimum atomic E-state index is -1.81. The van der Waals surface area contributed by atoms with Gasteiger partial charge in [0.1, 0.15) is 46.8 Å². The third-order valence-electron chi connectivity index (χ3n) is 10.0. The molecule has 2 unspecified atom stereocenters. The number of amides is 3. The van der Waals surface area contributed by atoms with Crippen LogP contribution in [0.2, 0.25) is 5.02 Å². The number of rotatable bonds is 6. The summed E-state index contributed by atoms with van der Waals surface area (Å²) < 4.78 is 28.9. The van der Waals surface area contributed by atoms with Gasteiger partial charge in [-0.2, -0.15) is 0 Å². The highest BCUT2D eigenvalue weighted by Crippen LogP contribution is 2.49. The lowest BCUT2D eigenvalue weighted by Gasteiger charge is -2.42. The molecule has 2 saturated heterocycles. The van der Waals surface area contributed by atoms with Gasteiger partial charge in [0, 0.05) is 40.5 Å². The van der Waals surface area contributed by atoms with E-state index in [4.69, 9.17) is 46.1 Å². The van der Waals surface area contributed by atoms with E-state index in [9.17, 15) is 29.1 Å². The highest BCUT2D eigenvalue weighted by molar-refractivity contribution is 6.35. The lowest BCUT2D eigenvalue weighted by atomic mass is 9.83. The fraction of sp³-hybridized carbons (Fsp3) is 0.595. The van der Waals surface area contributed by atoms with Crippen molar-refractivity contribution in [3.8, 4) is 5.75 Å².